The van der Waals surface area contributed by atoms with Crippen molar-refractivity contribution in [1.82, 2.24) is 0 Å². The van der Waals surface area contributed by atoms with Crippen molar-refractivity contribution in [3.63, 3.8) is 0 Å². The molecule has 0 spiro atoms. The number of benzene rings is 1. The second kappa shape index (κ2) is 7.72. The third-order valence-electron chi connectivity index (χ3n) is 2.56. The summed E-state index contributed by atoms with van der Waals surface area (Å²) in [5, 5.41) is 3.02. The Bertz CT molecular complexity index is 473. The van der Waals surface area contributed by atoms with Crippen LogP contribution in [0.25, 0.3) is 0 Å². The molecule has 1 rings (SSSR count). The first-order valence-electron chi connectivity index (χ1n) is 6.19. The minimum atomic E-state index is -3.14. The molecule has 19 heavy (non-hydrogen) atoms. The van der Waals surface area contributed by atoms with E-state index in [4.69, 9.17) is 16.3 Å². The van der Waals surface area contributed by atoms with Gasteiger partial charge in [0.2, 0.25) is 0 Å². The lowest BCUT2D eigenvalue weighted by molar-refractivity contribution is 0.200. The highest BCUT2D eigenvalue weighted by molar-refractivity contribution is 7.91. The number of anilines is 1. The molecule has 0 aliphatic rings. The van der Waals surface area contributed by atoms with Crippen LogP contribution in [0.5, 0.6) is 0 Å². The van der Waals surface area contributed by atoms with E-state index < -0.39 is 9.84 Å². The predicted octanol–water partition coefficient (Wildman–Crippen LogP) is 2.54. The van der Waals surface area contributed by atoms with Gasteiger partial charge in [-0.15, -0.1) is 11.6 Å². The fourth-order valence-corrected chi connectivity index (χ4v) is 3.16. The Morgan fingerprint density at radius 1 is 1.32 bits per heavy atom. The van der Waals surface area contributed by atoms with Gasteiger partial charge in [0.25, 0.3) is 0 Å². The number of nitrogens with one attached hydrogen (secondary N) is 1. The minimum Gasteiger partial charge on any atom is -0.383 e. The van der Waals surface area contributed by atoms with Crippen LogP contribution in [0.2, 0.25) is 0 Å². The van der Waals surface area contributed by atoms with Gasteiger partial charge >= 0.3 is 0 Å². The lowest BCUT2D eigenvalue weighted by atomic mass is 10.3. The zero-order valence-electron chi connectivity index (χ0n) is 11.2. The van der Waals surface area contributed by atoms with Crippen molar-refractivity contribution in [3.05, 3.63) is 24.3 Å². The fraction of sp³-hybridized carbons (Fsp3) is 0.538. The van der Waals surface area contributed by atoms with E-state index >= 15 is 0 Å². The molecule has 0 bridgehead atoms. The molecule has 0 amide bonds. The van der Waals surface area contributed by atoms with Crippen molar-refractivity contribution in [2.45, 2.75) is 23.6 Å². The summed E-state index contributed by atoms with van der Waals surface area (Å²) in [7, 11) is -1.54. The van der Waals surface area contributed by atoms with Crippen LogP contribution < -0.4 is 5.32 Å². The Morgan fingerprint density at radius 3 is 2.47 bits per heavy atom. The van der Waals surface area contributed by atoms with Crippen molar-refractivity contribution in [1.29, 1.82) is 0 Å². The molecule has 0 radical (unpaired) electrons. The quantitative estimate of drug-likeness (QED) is 0.750. The van der Waals surface area contributed by atoms with E-state index in [1.807, 2.05) is 6.92 Å². The summed E-state index contributed by atoms with van der Waals surface area (Å²) in [5.41, 5.74) is 0.845. The number of sulfone groups is 1. The SMILES string of the molecule is CCCS(=O)(=O)c1ccc(NCC(Cl)COC)cc1. The third-order valence-corrected chi connectivity index (χ3v) is 4.78. The highest BCUT2D eigenvalue weighted by Crippen LogP contribution is 2.16. The van der Waals surface area contributed by atoms with Gasteiger partial charge in [0.1, 0.15) is 0 Å². The Hall–Kier alpha value is -0.780. The van der Waals surface area contributed by atoms with Gasteiger partial charge in [0, 0.05) is 19.3 Å². The summed E-state index contributed by atoms with van der Waals surface area (Å²) in [4.78, 5) is 0.360. The minimum absolute atomic E-state index is 0.117. The average molecular weight is 306 g/mol. The lowest BCUT2D eigenvalue weighted by Crippen LogP contribution is -2.19. The molecule has 1 atom stereocenters. The maximum atomic E-state index is 11.8. The zero-order valence-corrected chi connectivity index (χ0v) is 12.8. The zero-order chi connectivity index (χ0) is 14.3. The summed E-state index contributed by atoms with van der Waals surface area (Å²) in [6.45, 7) is 2.89. The van der Waals surface area contributed by atoms with Crippen LogP contribution >= 0.6 is 11.6 Å². The Morgan fingerprint density at radius 2 is 1.95 bits per heavy atom. The molecule has 6 heteroatoms. The molecule has 0 saturated carbocycles. The van der Waals surface area contributed by atoms with Crippen LogP contribution in [0.3, 0.4) is 0 Å². The molecule has 0 aromatic heterocycles. The second-order valence-electron chi connectivity index (χ2n) is 4.28. The monoisotopic (exact) mass is 305 g/mol. The number of ether oxygens (including phenoxy) is 1. The highest BCUT2D eigenvalue weighted by atomic mass is 35.5. The third kappa shape index (κ3) is 5.38. The first kappa shape index (κ1) is 16.3. The van der Waals surface area contributed by atoms with E-state index in [-0.39, 0.29) is 11.1 Å². The van der Waals surface area contributed by atoms with Crippen LogP contribution in [0, 0.1) is 0 Å². The summed E-state index contributed by atoms with van der Waals surface area (Å²) >= 11 is 5.99. The number of halogens is 1. The Labute approximate surface area is 120 Å². The number of rotatable bonds is 8. The maximum Gasteiger partial charge on any atom is 0.178 e. The van der Waals surface area contributed by atoms with E-state index in [1.165, 1.54) is 0 Å². The summed E-state index contributed by atoms with van der Waals surface area (Å²) in [5.74, 6) is 0.178. The summed E-state index contributed by atoms with van der Waals surface area (Å²) in [6, 6.07) is 6.73. The molecule has 1 aromatic carbocycles. The van der Waals surface area contributed by atoms with Gasteiger partial charge in [-0.05, 0) is 30.7 Å². The van der Waals surface area contributed by atoms with Crippen molar-refractivity contribution in [2.24, 2.45) is 0 Å². The van der Waals surface area contributed by atoms with Crippen LogP contribution in [-0.2, 0) is 14.6 Å². The Kier molecular flexibility index (Phi) is 6.62. The van der Waals surface area contributed by atoms with E-state index in [0.29, 0.717) is 24.5 Å². The van der Waals surface area contributed by atoms with Crippen molar-refractivity contribution in [2.75, 3.05) is 31.3 Å². The number of hydrogen-bond acceptors (Lipinski definition) is 4. The molecule has 1 aromatic rings. The second-order valence-corrected chi connectivity index (χ2v) is 7.00. The largest absolute Gasteiger partial charge is 0.383 e. The molecular weight excluding hydrogens is 286 g/mol. The van der Waals surface area contributed by atoms with Crippen molar-refractivity contribution in [3.8, 4) is 0 Å². The molecule has 0 saturated heterocycles. The van der Waals surface area contributed by atoms with E-state index in [9.17, 15) is 8.42 Å². The summed E-state index contributed by atoms with van der Waals surface area (Å²) < 4.78 is 28.6. The number of methoxy groups -OCH3 is 1. The Balaban J connectivity index is 2.62. The topological polar surface area (TPSA) is 55.4 Å². The van der Waals surface area contributed by atoms with Gasteiger partial charge in [0.05, 0.1) is 22.6 Å². The van der Waals surface area contributed by atoms with E-state index in [0.717, 1.165) is 5.69 Å². The molecule has 0 aliphatic heterocycles. The van der Waals surface area contributed by atoms with Crippen LogP contribution in [0.1, 0.15) is 13.3 Å². The van der Waals surface area contributed by atoms with Gasteiger partial charge in [-0.1, -0.05) is 6.92 Å². The molecule has 0 aliphatic carbocycles. The summed E-state index contributed by atoms with van der Waals surface area (Å²) in [6.07, 6.45) is 0.618. The standard InChI is InChI=1S/C13H20ClNO3S/c1-3-8-19(16,17)13-6-4-12(5-7-13)15-9-11(14)10-18-2/h4-7,11,15H,3,8-10H2,1-2H3. The molecule has 0 heterocycles. The fourth-order valence-electron chi connectivity index (χ4n) is 1.64. The first-order valence-corrected chi connectivity index (χ1v) is 8.28. The number of alkyl halides is 1. The van der Waals surface area contributed by atoms with Crippen LogP contribution in [0.15, 0.2) is 29.2 Å². The molecule has 1 N–H and O–H groups in total. The van der Waals surface area contributed by atoms with Crippen LogP contribution in [0.4, 0.5) is 5.69 Å². The van der Waals surface area contributed by atoms with E-state index in [1.54, 1.807) is 31.4 Å². The molecule has 4 nitrogen and oxygen atoms in total. The maximum absolute atomic E-state index is 11.8. The van der Waals surface area contributed by atoms with Crippen molar-refractivity contribution < 1.29 is 13.2 Å². The molecule has 108 valence electrons. The number of hydrogen-bond donors (Lipinski definition) is 1. The van der Waals surface area contributed by atoms with Crippen molar-refractivity contribution >= 4 is 27.1 Å². The van der Waals surface area contributed by atoms with Crippen LogP contribution in [-0.4, -0.2) is 39.8 Å². The average Bonchev–Trinajstić information content (AvgIpc) is 2.37. The van der Waals surface area contributed by atoms with Gasteiger partial charge < -0.3 is 10.1 Å². The normalized spacial score (nSPS) is 13.2. The smallest absolute Gasteiger partial charge is 0.178 e. The van der Waals surface area contributed by atoms with Gasteiger partial charge in [-0.2, -0.15) is 0 Å². The highest BCUT2D eigenvalue weighted by Gasteiger charge is 2.12. The molecular formula is C13H20ClNO3S. The molecule has 0 fully saturated rings. The van der Waals surface area contributed by atoms with Gasteiger partial charge in [0.15, 0.2) is 9.84 Å². The van der Waals surface area contributed by atoms with Gasteiger partial charge in [-0.25, -0.2) is 8.42 Å². The lowest BCUT2D eigenvalue weighted by Gasteiger charge is -2.11. The molecule has 1 unspecified atom stereocenters. The van der Waals surface area contributed by atoms with E-state index in [2.05, 4.69) is 5.32 Å². The first-order chi connectivity index (χ1) is 8.99. The van der Waals surface area contributed by atoms with Gasteiger partial charge in [-0.3, -0.25) is 0 Å². The predicted molar refractivity (Wildman–Crippen MR) is 78.8 cm³/mol.